The molecule has 1 heterocycles. The van der Waals surface area contributed by atoms with E-state index in [1.807, 2.05) is 0 Å². The molecule has 5 N–H and O–H groups in total. The van der Waals surface area contributed by atoms with E-state index in [0.29, 0.717) is 0 Å². The second-order valence-electron chi connectivity index (χ2n) is 3.55. The Balaban J connectivity index is 2.53. The van der Waals surface area contributed by atoms with Crippen molar-refractivity contribution in [1.29, 1.82) is 0 Å². The van der Waals surface area contributed by atoms with E-state index in [1.54, 1.807) is 0 Å². The van der Waals surface area contributed by atoms with E-state index in [-0.39, 0.29) is 0 Å². The fourth-order valence-corrected chi connectivity index (χ4v) is 2.80. The molecule has 0 aliphatic carbocycles. The highest BCUT2D eigenvalue weighted by atomic mass is 31.2. The van der Waals surface area contributed by atoms with Gasteiger partial charge >= 0.3 is 24.3 Å². The van der Waals surface area contributed by atoms with Crippen molar-refractivity contribution >= 4 is 24.3 Å². The van der Waals surface area contributed by atoms with Crippen LogP contribution in [0.3, 0.4) is 0 Å². The van der Waals surface area contributed by atoms with Gasteiger partial charge in [0.25, 0.3) is 0 Å². The van der Waals surface area contributed by atoms with Crippen LogP contribution >= 0.6 is 24.3 Å². The van der Waals surface area contributed by atoms with Crippen LogP contribution in [0.25, 0.3) is 0 Å². The van der Waals surface area contributed by atoms with Crippen LogP contribution < -0.4 is 0 Å². The van der Waals surface area contributed by atoms with Crippen LogP contribution in [0.5, 0.6) is 0 Å². The number of hydrogen-bond acceptors (Lipinski definition) is 9. The fourth-order valence-electron chi connectivity index (χ4n) is 1.31. The molecule has 2 unspecified atom stereocenters. The van der Waals surface area contributed by atoms with Crippen LogP contribution in [0, 0.1) is 0 Å². The molecular formula is C5H13O12P3. The summed E-state index contributed by atoms with van der Waals surface area (Å²) in [6, 6.07) is 0. The molecule has 12 nitrogen and oxygen atoms in total. The van der Waals surface area contributed by atoms with Gasteiger partial charge in [0.2, 0.25) is 0 Å². The lowest BCUT2D eigenvalue weighted by Crippen LogP contribution is -2.34. The average molecular weight is 358 g/mol. The van der Waals surface area contributed by atoms with Gasteiger partial charge < -0.3 is 29.6 Å². The molecule has 1 rings (SSSR count). The van der Waals surface area contributed by atoms with Crippen molar-refractivity contribution in [3.8, 4) is 0 Å². The van der Waals surface area contributed by atoms with Gasteiger partial charge in [-0.25, -0.2) is 8.88 Å². The Hall–Kier alpha value is 0.330. The van der Waals surface area contributed by atoms with Crippen molar-refractivity contribution in [3.05, 3.63) is 0 Å². The quantitative estimate of drug-likeness (QED) is 0.326. The molecule has 1 aliphatic rings. The number of hydrogen-bond donors (Lipinski definition) is 5. The minimum absolute atomic E-state index is 0.763. The van der Waals surface area contributed by atoms with Crippen molar-refractivity contribution in [2.24, 2.45) is 0 Å². The number of rotatable bonds is 7. The van der Waals surface area contributed by atoms with Gasteiger partial charge in [0.05, 0.1) is 6.61 Å². The number of aliphatic hydroxyl groups is 2. The lowest BCUT2D eigenvalue weighted by molar-refractivity contribution is -0.115. The summed E-state index contributed by atoms with van der Waals surface area (Å²) in [6.07, 6.45) is -6.36. The standard InChI is InChI=1S/C5H13O12P3/c6-3-2(1-14-20(11,12)13)15-5(4(3)7)16-19(10)17-18(8)9/h2-7,18-19H,1H2,(H,8,9)(H2,11,12,13)/t2-,3-,4-,5-/m1/s1. The van der Waals surface area contributed by atoms with Gasteiger partial charge in [-0.2, -0.15) is 0 Å². The molecular weight excluding hydrogens is 345 g/mol. The largest absolute Gasteiger partial charge is 0.469 e. The molecule has 1 aliphatic heterocycles. The molecule has 0 spiro atoms. The van der Waals surface area contributed by atoms with Crippen LogP contribution in [-0.4, -0.2) is 56.1 Å². The maximum Gasteiger partial charge on any atom is 0.469 e. The molecule has 0 bridgehead atoms. The third-order valence-corrected chi connectivity index (χ3v) is 4.38. The third-order valence-electron chi connectivity index (χ3n) is 2.11. The highest BCUT2D eigenvalue weighted by molar-refractivity contribution is 7.47. The zero-order valence-corrected chi connectivity index (χ0v) is 12.5. The van der Waals surface area contributed by atoms with E-state index in [2.05, 4.69) is 13.4 Å². The average Bonchev–Trinajstić information content (AvgIpc) is 2.52. The summed E-state index contributed by atoms with van der Waals surface area (Å²) in [7, 11) is -11.8. The SMILES string of the molecule is O=[PH](O)O[PH](=O)O[C@H]1O[C@H](COP(=O)(O)O)[C@@H](O)[C@H]1O. The molecule has 0 aromatic carbocycles. The van der Waals surface area contributed by atoms with Gasteiger partial charge in [0.15, 0.2) is 6.29 Å². The maximum absolute atomic E-state index is 11.1. The first-order valence-electron chi connectivity index (χ1n) is 4.93. The van der Waals surface area contributed by atoms with E-state index in [9.17, 15) is 23.9 Å². The van der Waals surface area contributed by atoms with Crippen LogP contribution in [0.15, 0.2) is 0 Å². The van der Waals surface area contributed by atoms with E-state index in [1.165, 1.54) is 0 Å². The van der Waals surface area contributed by atoms with Crippen molar-refractivity contribution in [1.82, 2.24) is 0 Å². The smallest absolute Gasteiger partial charge is 0.387 e. The molecule has 20 heavy (non-hydrogen) atoms. The predicted molar refractivity (Wildman–Crippen MR) is 61.1 cm³/mol. The third kappa shape index (κ3) is 5.98. The zero-order chi connectivity index (χ0) is 15.5. The van der Waals surface area contributed by atoms with Crippen LogP contribution in [0.1, 0.15) is 0 Å². The molecule has 120 valence electrons. The van der Waals surface area contributed by atoms with E-state index < -0.39 is 55.5 Å². The molecule has 6 atom stereocenters. The zero-order valence-electron chi connectivity index (χ0n) is 9.56. The first-order chi connectivity index (χ1) is 9.10. The lowest BCUT2D eigenvalue weighted by atomic mass is 10.1. The molecule has 1 saturated heterocycles. The first-order valence-corrected chi connectivity index (χ1v) is 8.95. The number of ether oxygens (including phenoxy) is 1. The molecule has 0 aromatic rings. The highest BCUT2D eigenvalue weighted by Gasteiger charge is 2.45. The van der Waals surface area contributed by atoms with Crippen LogP contribution in [0.4, 0.5) is 0 Å². The van der Waals surface area contributed by atoms with Gasteiger partial charge in [-0.05, 0) is 0 Å². The van der Waals surface area contributed by atoms with Crippen LogP contribution in [0.2, 0.25) is 0 Å². The molecule has 0 aromatic heterocycles. The minimum Gasteiger partial charge on any atom is -0.387 e. The summed E-state index contributed by atoms with van der Waals surface area (Å²) >= 11 is 0. The van der Waals surface area contributed by atoms with Gasteiger partial charge in [0, 0.05) is 0 Å². The molecule has 0 amide bonds. The Morgan fingerprint density at radius 3 is 2.30 bits per heavy atom. The first kappa shape index (κ1) is 18.4. The summed E-state index contributed by atoms with van der Waals surface area (Å²) < 4.78 is 49.1. The number of phosphoric ester groups is 1. The Kier molecular flexibility index (Phi) is 6.94. The second kappa shape index (κ2) is 7.55. The van der Waals surface area contributed by atoms with Gasteiger partial charge in [0.1, 0.15) is 18.3 Å². The molecule has 0 radical (unpaired) electrons. The Labute approximate surface area is 113 Å². The van der Waals surface area contributed by atoms with Gasteiger partial charge in [-0.1, -0.05) is 0 Å². The van der Waals surface area contributed by atoms with E-state index >= 15 is 0 Å². The summed E-state index contributed by atoms with van der Waals surface area (Å²) in [5.41, 5.74) is 0. The molecule has 15 heteroatoms. The Morgan fingerprint density at radius 1 is 1.20 bits per heavy atom. The minimum atomic E-state index is -4.79. The second-order valence-corrected chi connectivity index (χ2v) is 6.87. The van der Waals surface area contributed by atoms with Gasteiger partial charge in [-0.15, -0.1) is 0 Å². The van der Waals surface area contributed by atoms with E-state index in [0.717, 1.165) is 0 Å². The molecule has 1 fully saturated rings. The monoisotopic (exact) mass is 358 g/mol. The topological polar surface area (TPSA) is 189 Å². The maximum atomic E-state index is 11.1. The van der Waals surface area contributed by atoms with Gasteiger partial charge in [-0.3, -0.25) is 18.2 Å². The Morgan fingerprint density at radius 2 is 1.80 bits per heavy atom. The summed E-state index contributed by atoms with van der Waals surface area (Å²) in [5.74, 6) is 0. The van der Waals surface area contributed by atoms with Crippen molar-refractivity contribution in [2.45, 2.75) is 24.6 Å². The van der Waals surface area contributed by atoms with Crippen molar-refractivity contribution in [2.75, 3.05) is 6.61 Å². The summed E-state index contributed by atoms with van der Waals surface area (Å²) in [5, 5.41) is 19.0. The molecule has 0 saturated carbocycles. The summed E-state index contributed by atoms with van der Waals surface area (Å²) in [6.45, 7) is -0.763. The number of aliphatic hydroxyl groups excluding tert-OH is 2. The van der Waals surface area contributed by atoms with E-state index in [4.69, 9.17) is 19.4 Å². The Bertz CT molecular complexity index is 419. The fraction of sp³-hybridized carbons (Fsp3) is 1.00. The predicted octanol–water partition coefficient (Wildman–Crippen LogP) is -1.65. The summed E-state index contributed by atoms with van der Waals surface area (Å²) in [4.78, 5) is 25.3. The van der Waals surface area contributed by atoms with Crippen molar-refractivity contribution in [3.63, 3.8) is 0 Å². The normalized spacial score (nSPS) is 34.0. The number of phosphoric acid groups is 1. The lowest BCUT2D eigenvalue weighted by Gasteiger charge is -2.14. The van der Waals surface area contributed by atoms with Crippen molar-refractivity contribution < 1.29 is 56.7 Å². The highest BCUT2D eigenvalue weighted by Crippen LogP contribution is 2.41. The van der Waals surface area contributed by atoms with Crippen LogP contribution in [-0.2, 0) is 31.8 Å².